The monoisotopic (exact) mass is 255 g/mol. The van der Waals surface area contributed by atoms with Gasteiger partial charge in [-0.15, -0.1) is 0 Å². The standard InChI is InChI=1S/C16H33NO/c1-5-13-7-6-8-14(10-9-13)17-15(11-12-18)16(2,3)4/h13-15,17-18H,5-12H2,1-4H3. The van der Waals surface area contributed by atoms with E-state index in [2.05, 4.69) is 33.0 Å². The summed E-state index contributed by atoms with van der Waals surface area (Å²) in [5, 5.41) is 13.0. The van der Waals surface area contributed by atoms with Crippen LogP contribution in [0.1, 0.15) is 72.6 Å². The Labute approximate surface area is 114 Å². The van der Waals surface area contributed by atoms with Gasteiger partial charge in [0.1, 0.15) is 0 Å². The van der Waals surface area contributed by atoms with E-state index in [0.717, 1.165) is 12.3 Å². The summed E-state index contributed by atoms with van der Waals surface area (Å²) >= 11 is 0. The lowest BCUT2D eigenvalue weighted by Gasteiger charge is -2.34. The van der Waals surface area contributed by atoms with E-state index in [1.54, 1.807) is 0 Å². The van der Waals surface area contributed by atoms with E-state index in [4.69, 9.17) is 0 Å². The van der Waals surface area contributed by atoms with Crippen molar-refractivity contribution >= 4 is 0 Å². The molecule has 108 valence electrons. The zero-order valence-corrected chi connectivity index (χ0v) is 12.8. The summed E-state index contributed by atoms with van der Waals surface area (Å²) in [6.45, 7) is 9.42. The number of hydrogen-bond donors (Lipinski definition) is 2. The van der Waals surface area contributed by atoms with Gasteiger partial charge in [0.2, 0.25) is 0 Å². The van der Waals surface area contributed by atoms with Crippen LogP contribution in [0.5, 0.6) is 0 Å². The second kappa shape index (κ2) is 7.49. The highest BCUT2D eigenvalue weighted by molar-refractivity contribution is 4.85. The van der Waals surface area contributed by atoms with Crippen molar-refractivity contribution in [2.24, 2.45) is 11.3 Å². The third kappa shape index (κ3) is 5.27. The third-order valence-corrected chi connectivity index (χ3v) is 4.57. The molecule has 3 atom stereocenters. The Balaban J connectivity index is 2.48. The average molecular weight is 255 g/mol. The quantitative estimate of drug-likeness (QED) is 0.734. The Bertz CT molecular complexity index is 222. The summed E-state index contributed by atoms with van der Waals surface area (Å²) < 4.78 is 0. The first-order chi connectivity index (χ1) is 8.47. The molecule has 0 aliphatic heterocycles. The second-order valence-corrected chi connectivity index (χ2v) is 7.08. The SMILES string of the molecule is CCC1CCCC(NC(CCO)C(C)(C)C)CC1. The molecule has 0 radical (unpaired) electrons. The van der Waals surface area contributed by atoms with Crippen LogP contribution in [0.2, 0.25) is 0 Å². The van der Waals surface area contributed by atoms with Gasteiger partial charge in [-0.2, -0.15) is 0 Å². The largest absolute Gasteiger partial charge is 0.396 e. The third-order valence-electron chi connectivity index (χ3n) is 4.57. The number of aliphatic hydroxyl groups excluding tert-OH is 1. The molecule has 0 spiro atoms. The Morgan fingerprint density at radius 2 is 1.89 bits per heavy atom. The fraction of sp³-hybridized carbons (Fsp3) is 1.00. The van der Waals surface area contributed by atoms with Gasteiger partial charge in [-0.05, 0) is 37.0 Å². The summed E-state index contributed by atoms with van der Waals surface area (Å²) in [6, 6.07) is 1.10. The lowest BCUT2D eigenvalue weighted by atomic mass is 9.84. The Morgan fingerprint density at radius 3 is 2.44 bits per heavy atom. The fourth-order valence-electron chi connectivity index (χ4n) is 3.13. The van der Waals surface area contributed by atoms with Gasteiger partial charge in [0, 0.05) is 18.7 Å². The molecule has 2 heteroatoms. The molecule has 2 nitrogen and oxygen atoms in total. The van der Waals surface area contributed by atoms with E-state index in [0.29, 0.717) is 18.7 Å². The molecule has 1 aliphatic rings. The van der Waals surface area contributed by atoms with Gasteiger partial charge in [-0.25, -0.2) is 0 Å². The summed E-state index contributed by atoms with van der Waals surface area (Å²) in [5.41, 5.74) is 0.235. The van der Waals surface area contributed by atoms with E-state index < -0.39 is 0 Å². The van der Waals surface area contributed by atoms with Gasteiger partial charge in [-0.1, -0.05) is 47.0 Å². The van der Waals surface area contributed by atoms with Crippen molar-refractivity contribution in [3.05, 3.63) is 0 Å². The molecule has 0 heterocycles. The van der Waals surface area contributed by atoms with E-state index in [9.17, 15) is 5.11 Å². The van der Waals surface area contributed by atoms with Crippen molar-refractivity contribution in [2.75, 3.05) is 6.61 Å². The molecular weight excluding hydrogens is 222 g/mol. The van der Waals surface area contributed by atoms with Crippen molar-refractivity contribution in [1.29, 1.82) is 0 Å². The molecule has 0 aromatic carbocycles. The molecule has 0 saturated heterocycles. The maximum absolute atomic E-state index is 9.23. The molecular formula is C16H33NO. The van der Waals surface area contributed by atoms with Crippen LogP contribution < -0.4 is 5.32 Å². The van der Waals surface area contributed by atoms with Crippen LogP contribution in [0.4, 0.5) is 0 Å². The van der Waals surface area contributed by atoms with Gasteiger partial charge >= 0.3 is 0 Å². The van der Waals surface area contributed by atoms with Crippen LogP contribution in [0, 0.1) is 11.3 Å². The van der Waals surface area contributed by atoms with Crippen molar-refractivity contribution in [1.82, 2.24) is 5.32 Å². The number of aliphatic hydroxyl groups is 1. The molecule has 1 fully saturated rings. The Kier molecular flexibility index (Phi) is 6.65. The van der Waals surface area contributed by atoms with E-state index in [-0.39, 0.29) is 5.41 Å². The van der Waals surface area contributed by atoms with Gasteiger partial charge in [0.15, 0.2) is 0 Å². The maximum Gasteiger partial charge on any atom is 0.0446 e. The first-order valence-electron chi connectivity index (χ1n) is 7.84. The van der Waals surface area contributed by atoms with Crippen LogP contribution in [0.15, 0.2) is 0 Å². The molecule has 1 rings (SSSR count). The van der Waals surface area contributed by atoms with Crippen LogP contribution in [0.3, 0.4) is 0 Å². The van der Waals surface area contributed by atoms with Crippen LogP contribution in [-0.4, -0.2) is 23.8 Å². The summed E-state index contributed by atoms with van der Waals surface area (Å²) in [6.07, 6.45) is 9.00. The zero-order valence-electron chi connectivity index (χ0n) is 12.8. The van der Waals surface area contributed by atoms with E-state index >= 15 is 0 Å². The molecule has 3 unspecified atom stereocenters. The van der Waals surface area contributed by atoms with Crippen LogP contribution >= 0.6 is 0 Å². The van der Waals surface area contributed by atoms with Crippen molar-refractivity contribution in [3.63, 3.8) is 0 Å². The summed E-state index contributed by atoms with van der Waals surface area (Å²) in [7, 11) is 0. The Morgan fingerprint density at radius 1 is 1.17 bits per heavy atom. The minimum atomic E-state index is 0.235. The minimum Gasteiger partial charge on any atom is -0.396 e. The lowest BCUT2D eigenvalue weighted by Crippen LogP contribution is -2.46. The molecule has 18 heavy (non-hydrogen) atoms. The molecule has 2 N–H and O–H groups in total. The molecule has 0 aromatic heterocycles. The van der Waals surface area contributed by atoms with E-state index in [1.807, 2.05) is 0 Å². The summed E-state index contributed by atoms with van der Waals surface area (Å²) in [5.74, 6) is 0.947. The number of rotatable bonds is 5. The predicted octanol–water partition coefficient (Wildman–Crippen LogP) is 3.73. The average Bonchev–Trinajstić information content (AvgIpc) is 2.52. The smallest absolute Gasteiger partial charge is 0.0446 e. The zero-order chi connectivity index (χ0) is 13.6. The van der Waals surface area contributed by atoms with E-state index in [1.165, 1.54) is 38.5 Å². The van der Waals surface area contributed by atoms with Crippen LogP contribution in [0.25, 0.3) is 0 Å². The van der Waals surface area contributed by atoms with Gasteiger partial charge in [-0.3, -0.25) is 0 Å². The van der Waals surface area contributed by atoms with Crippen molar-refractivity contribution in [3.8, 4) is 0 Å². The number of nitrogens with one attached hydrogen (secondary N) is 1. The first kappa shape index (κ1) is 16.0. The molecule has 0 amide bonds. The topological polar surface area (TPSA) is 32.3 Å². The Hall–Kier alpha value is -0.0800. The second-order valence-electron chi connectivity index (χ2n) is 7.08. The van der Waals surface area contributed by atoms with Gasteiger partial charge in [0.25, 0.3) is 0 Å². The molecule has 1 saturated carbocycles. The van der Waals surface area contributed by atoms with Gasteiger partial charge < -0.3 is 10.4 Å². The highest BCUT2D eigenvalue weighted by atomic mass is 16.3. The predicted molar refractivity (Wildman–Crippen MR) is 78.7 cm³/mol. The fourth-order valence-corrected chi connectivity index (χ4v) is 3.13. The van der Waals surface area contributed by atoms with Gasteiger partial charge in [0.05, 0.1) is 0 Å². The maximum atomic E-state index is 9.23. The number of hydrogen-bond acceptors (Lipinski definition) is 2. The molecule has 1 aliphatic carbocycles. The molecule has 0 bridgehead atoms. The van der Waals surface area contributed by atoms with Crippen LogP contribution in [-0.2, 0) is 0 Å². The molecule has 0 aromatic rings. The summed E-state index contributed by atoms with van der Waals surface area (Å²) in [4.78, 5) is 0. The first-order valence-corrected chi connectivity index (χ1v) is 7.84. The lowest BCUT2D eigenvalue weighted by molar-refractivity contribution is 0.181. The minimum absolute atomic E-state index is 0.235. The normalized spacial score (nSPS) is 27.8. The van der Waals surface area contributed by atoms with Crippen molar-refractivity contribution in [2.45, 2.75) is 84.7 Å². The highest BCUT2D eigenvalue weighted by Crippen LogP contribution is 2.28. The highest BCUT2D eigenvalue weighted by Gasteiger charge is 2.27. The van der Waals surface area contributed by atoms with Crippen molar-refractivity contribution < 1.29 is 5.11 Å².